The van der Waals surface area contributed by atoms with E-state index in [1.54, 1.807) is 60.4 Å². The molecule has 1 saturated heterocycles. The molecule has 12 heteroatoms. The van der Waals surface area contributed by atoms with E-state index in [0.29, 0.717) is 40.5 Å². The first-order valence-corrected chi connectivity index (χ1v) is 20.8. The zero-order valence-corrected chi connectivity index (χ0v) is 31.7. The number of carbonyl (C=O) groups excluding carboxylic acids is 3. The molecule has 11 nitrogen and oxygen atoms in total. The van der Waals surface area contributed by atoms with Crippen LogP contribution in [0.4, 0.5) is 11.4 Å². The fourth-order valence-corrected chi connectivity index (χ4v) is 10.5. The third-order valence-electron chi connectivity index (χ3n) is 10.4. The molecule has 2 aliphatic rings. The summed E-state index contributed by atoms with van der Waals surface area (Å²) in [6.45, 7) is 5.98. The molecule has 2 aliphatic heterocycles. The number of benzene rings is 4. The summed E-state index contributed by atoms with van der Waals surface area (Å²) in [5.41, 5.74) is 2.04. The second kappa shape index (κ2) is 15.5. The molecular weight excluding hydrogens is 691 g/mol. The van der Waals surface area contributed by atoms with Gasteiger partial charge in [0, 0.05) is 41.4 Å². The number of anilines is 2. The van der Waals surface area contributed by atoms with E-state index in [9.17, 15) is 24.3 Å². The van der Waals surface area contributed by atoms with Crippen molar-refractivity contribution in [1.29, 1.82) is 0 Å². The highest BCUT2D eigenvalue weighted by Gasteiger charge is 2.66. The fourth-order valence-electron chi connectivity index (χ4n) is 7.93. The number of carbonyl (C=O) groups is 3. The predicted molar refractivity (Wildman–Crippen MR) is 204 cm³/mol. The minimum absolute atomic E-state index is 0.0664. The van der Waals surface area contributed by atoms with Crippen molar-refractivity contribution in [2.24, 2.45) is 5.92 Å². The van der Waals surface area contributed by atoms with Gasteiger partial charge in [-0.3, -0.25) is 14.4 Å². The van der Waals surface area contributed by atoms with Crippen LogP contribution in [0.5, 0.6) is 11.5 Å². The van der Waals surface area contributed by atoms with Gasteiger partial charge < -0.3 is 39.2 Å². The molecular formula is C41H47N3O8Si. The quantitative estimate of drug-likeness (QED) is 0.149. The van der Waals surface area contributed by atoms with Crippen LogP contribution in [-0.4, -0.2) is 74.3 Å². The van der Waals surface area contributed by atoms with Crippen LogP contribution in [0.1, 0.15) is 40.4 Å². The van der Waals surface area contributed by atoms with Gasteiger partial charge in [0.2, 0.25) is 5.91 Å². The highest BCUT2D eigenvalue weighted by Crippen LogP contribution is 2.60. The van der Waals surface area contributed by atoms with Gasteiger partial charge in [-0.1, -0.05) is 49.4 Å². The van der Waals surface area contributed by atoms with Crippen LogP contribution in [0.3, 0.4) is 0 Å². The lowest BCUT2D eigenvalue weighted by atomic mass is 9.82. The van der Waals surface area contributed by atoms with Gasteiger partial charge in [0.15, 0.2) is 13.9 Å². The Morgan fingerprint density at radius 3 is 2.26 bits per heavy atom. The van der Waals surface area contributed by atoms with Crippen LogP contribution in [0.15, 0.2) is 97.1 Å². The zero-order valence-electron chi connectivity index (χ0n) is 30.7. The van der Waals surface area contributed by atoms with Crippen molar-refractivity contribution >= 4 is 37.4 Å². The van der Waals surface area contributed by atoms with Crippen LogP contribution in [-0.2, 0) is 33.0 Å². The Labute approximate surface area is 311 Å². The molecule has 278 valence electrons. The zero-order chi connectivity index (χ0) is 37.9. The molecule has 0 aliphatic carbocycles. The Morgan fingerprint density at radius 1 is 0.925 bits per heavy atom. The van der Waals surface area contributed by atoms with Crippen molar-refractivity contribution in [3.8, 4) is 11.5 Å². The van der Waals surface area contributed by atoms with Crippen LogP contribution in [0.2, 0.25) is 18.6 Å². The maximum absolute atomic E-state index is 15.0. The van der Waals surface area contributed by atoms with E-state index >= 15 is 0 Å². The minimum Gasteiger partial charge on any atom is -0.497 e. The van der Waals surface area contributed by atoms with Crippen LogP contribution in [0, 0.1) is 5.92 Å². The minimum atomic E-state index is -3.06. The van der Waals surface area contributed by atoms with Gasteiger partial charge in [0.1, 0.15) is 11.5 Å². The fraction of sp³-hybridized carbons (Fsp3) is 0.341. The van der Waals surface area contributed by atoms with Gasteiger partial charge in [-0.05, 0) is 78.8 Å². The summed E-state index contributed by atoms with van der Waals surface area (Å²) in [4.78, 5) is 57.0. The molecule has 0 saturated carbocycles. The second-order valence-corrected chi connectivity index (χ2v) is 18.2. The van der Waals surface area contributed by atoms with Crippen LogP contribution >= 0.6 is 0 Å². The van der Waals surface area contributed by atoms with E-state index in [1.807, 2.05) is 80.7 Å². The number of nitrogens with one attached hydrogen (secondary N) is 1. The lowest BCUT2D eigenvalue weighted by molar-refractivity contribution is -0.150. The summed E-state index contributed by atoms with van der Waals surface area (Å²) in [5.74, 6) is -0.111. The molecule has 0 unspecified atom stereocenters. The molecule has 2 heterocycles. The Kier molecular flexibility index (Phi) is 11.1. The number of amides is 3. The topological polar surface area (TPSA) is 138 Å². The Morgan fingerprint density at radius 2 is 1.60 bits per heavy atom. The SMILES string of the molecule is COc1ccc(C(=O)Nc2cccc(CN3C(=O)[C@@]4(O[C@@H](CC(=O)N(CCO)Cc5ccccc5)[C@H]([Si](C)(C)O)[C@H]4C)c4cc(OC)ccc43)c2)cc1. The number of fused-ring (bicyclic) bond motifs is 2. The maximum Gasteiger partial charge on any atom is 0.264 e. The van der Waals surface area contributed by atoms with Crippen molar-refractivity contribution in [3.05, 3.63) is 119 Å². The molecule has 3 N–H and O–H groups in total. The van der Waals surface area contributed by atoms with Gasteiger partial charge in [-0.25, -0.2) is 0 Å². The molecule has 0 aromatic heterocycles. The number of ether oxygens (including phenoxy) is 3. The third kappa shape index (κ3) is 7.58. The van der Waals surface area contributed by atoms with Gasteiger partial charge in [0.25, 0.3) is 11.8 Å². The lowest BCUT2D eigenvalue weighted by Crippen LogP contribution is -2.46. The molecule has 4 atom stereocenters. The largest absolute Gasteiger partial charge is 0.497 e. The number of methoxy groups -OCH3 is 2. The molecule has 0 radical (unpaired) electrons. The van der Waals surface area contributed by atoms with E-state index in [0.717, 1.165) is 11.1 Å². The first-order chi connectivity index (χ1) is 25.4. The van der Waals surface area contributed by atoms with E-state index < -0.39 is 31.5 Å². The average molecular weight is 738 g/mol. The van der Waals surface area contributed by atoms with Crippen LogP contribution in [0.25, 0.3) is 0 Å². The Balaban J connectivity index is 1.30. The normalized spacial score (nSPS) is 20.7. The first kappa shape index (κ1) is 37.7. The molecule has 3 amide bonds. The third-order valence-corrected chi connectivity index (χ3v) is 12.9. The average Bonchev–Trinajstić information content (AvgIpc) is 3.57. The predicted octanol–water partition coefficient (Wildman–Crippen LogP) is 5.71. The monoisotopic (exact) mass is 737 g/mol. The maximum atomic E-state index is 15.0. The van der Waals surface area contributed by atoms with E-state index in [4.69, 9.17) is 14.2 Å². The summed E-state index contributed by atoms with van der Waals surface area (Å²) in [5, 5.41) is 12.8. The van der Waals surface area contributed by atoms with Crippen molar-refractivity contribution < 1.29 is 38.5 Å². The molecule has 53 heavy (non-hydrogen) atoms. The number of rotatable bonds is 13. The molecule has 1 spiro atoms. The van der Waals surface area contributed by atoms with Crippen molar-refractivity contribution in [3.63, 3.8) is 0 Å². The van der Waals surface area contributed by atoms with E-state index in [-0.39, 0.29) is 43.8 Å². The molecule has 6 rings (SSSR count). The Hall–Kier alpha value is -5.01. The first-order valence-electron chi connectivity index (χ1n) is 17.8. The van der Waals surface area contributed by atoms with Gasteiger partial charge >= 0.3 is 0 Å². The van der Waals surface area contributed by atoms with E-state index in [1.165, 1.54) is 0 Å². The lowest BCUT2D eigenvalue weighted by Gasteiger charge is -2.32. The number of hydrogen-bond acceptors (Lipinski definition) is 8. The summed E-state index contributed by atoms with van der Waals surface area (Å²) < 4.78 is 17.7. The number of aliphatic hydroxyl groups excluding tert-OH is 1. The van der Waals surface area contributed by atoms with Crippen molar-refractivity contribution in [1.82, 2.24) is 4.90 Å². The summed E-state index contributed by atoms with van der Waals surface area (Å²) >= 11 is 0. The Bertz CT molecular complexity index is 1950. The molecule has 4 aromatic rings. The summed E-state index contributed by atoms with van der Waals surface area (Å²) in [6, 6.07) is 29.1. The van der Waals surface area contributed by atoms with E-state index in [2.05, 4.69) is 5.32 Å². The van der Waals surface area contributed by atoms with Crippen molar-refractivity contribution in [2.45, 2.75) is 56.8 Å². The standard InChI is InChI=1S/C41H47N3O8Si/c1-27-38(53(4,5)49)36(24-37(46)43(20-21-45)25-28-10-7-6-8-11-28)52-41(27)34-23-33(51-3)18-19-35(34)44(40(41)48)26-29-12-9-13-31(22-29)42-39(47)30-14-16-32(50-2)17-15-30/h6-19,22-23,27,36,38,45,49H,20-21,24-26H2,1-5H3,(H,42,47)/t27-,36+,38-,41+/m1/s1. The van der Waals surface area contributed by atoms with Gasteiger partial charge in [-0.2, -0.15) is 0 Å². The highest BCUT2D eigenvalue weighted by atomic mass is 28.4. The molecule has 1 fully saturated rings. The number of nitrogens with zero attached hydrogens (tertiary/aromatic N) is 2. The summed E-state index contributed by atoms with van der Waals surface area (Å²) in [6.07, 6.45) is -0.830. The smallest absolute Gasteiger partial charge is 0.264 e. The van der Waals surface area contributed by atoms with Crippen LogP contribution < -0.4 is 19.7 Å². The highest BCUT2D eigenvalue weighted by molar-refractivity contribution is 6.71. The second-order valence-electron chi connectivity index (χ2n) is 14.2. The number of aliphatic hydroxyl groups is 1. The van der Waals surface area contributed by atoms with Crippen molar-refractivity contribution in [2.75, 3.05) is 37.6 Å². The van der Waals surface area contributed by atoms with Gasteiger partial charge in [-0.15, -0.1) is 0 Å². The molecule has 4 aromatic carbocycles. The summed E-state index contributed by atoms with van der Waals surface area (Å²) in [7, 11) is 0.0674. The van der Waals surface area contributed by atoms with Gasteiger partial charge in [0.05, 0.1) is 45.6 Å². The number of hydrogen-bond donors (Lipinski definition) is 3. The molecule has 0 bridgehead atoms.